The molecule has 0 amide bonds. The summed E-state index contributed by atoms with van der Waals surface area (Å²) < 4.78 is 39.7. The Balaban J connectivity index is 2.01. The van der Waals surface area contributed by atoms with E-state index in [2.05, 4.69) is 9.97 Å². The lowest BCUT2D eigenvalue weighted by atomic mass is 9.78. The largest absolute Gasteiger partial charge is 0.392 e. The highest BCUT2D eigenvalue weighted by molar-refractivity contribution is 5.77. The summed E-state index contributed by atoms with van der Waals surface area (Å²) in [6, 6.07) is 3.91. The number of rotatable bonds is 1. The van der Waals surface area contributed by atoms with Crippen LogP contribution >= 0.6 is 0 Å². The Morgan fingerprint density at radius 1 is 1.10 bits per heavy atom. The first-order chi connectivity index (χ1) is 9.86. The summed E-state index contributed by atoms with van der Waals surface area (Å²) in [7, 11) is 0. The van der Waals surface area contributed by atoms with Gasteiger partial charge in [-0.05, 0) is 49.9 Å². The Bertz CT molecular complexity index is 618. The first kappa shape index (κ1) is 14.4. The number of hydrogen-bond acceptors (Lipinski definition) is 1. The van der Waals surface area contributed by atoms with Crippen molar-refractivity contribution in [1.29, 1.82) is 0 Å². The van der Waals surface area contributed by atoms with Gasteiger partial charge in [0.2, 0.25) is 0 Å². The molecule has 1 heterocycles. The van der Waals surface area contributed by atoms with Gasteiger partial charge in [0.15, 0.2) is 0 Å². The molecular weight excluding hydrogens is 277 g/mol. The molecule has 0 aliphatic heterocycles. The van der Waals surface area contributed by atoms with Gasteiger partial charge in [-0.25, -0.2) is 4.98 Å². The first-order valence-corrected chi connectivity index (χ1v) is 7.40. The number of nitrogens with zero attached hydrogens (tertiary/aromatic N) is 1. The number of fused-ring (bicyclic) bond motifs is 1. The van der Waals surface area contributed by atoms with Crippen molar-refractivity contribution in [3.8, 4) is 0 Å². The van der Waals surface area contributed by atoms with Gasteiger partial charge in [-0.2, -0.15) is 13.2 Å². The Morgan fingerprint density at radius 3 is 2.48 bits per heavy atom. The lowest BCUT2D eigenvalue weighted by Gasteiger charge is -2.31. The summed E-state index contributed by atoms with van der Waals surface area (Å²) in [6.45, 7) is 3.98. The van der Waals surface area contributed by atoms with Gasteiger partial charge in [-0.15, -0.1) is 0 Å². The van der Waals surface area contributed by atoms with Crippen molar-refractivity contribution in [2.24, 2.45) is 5.92 Å². The number of alkyl halides is 3. The SMILES string of the molecule is Cc1cc2nc(C3CCCCC3C(F)(F)F)[nH]c2cc1C. The molecule has 5 heteroatoms. The molecule has 1 aromatic carbocycles. The monoisotopic (exact) mass is 296 g/mol. The predicted octanol–water partition coefficient (Wildman–Crippen LogP) is 5.02. The van der Waals surface area contributed by atoms with E-state index in [0.717, 1.165) is 28.6 Å². The Morgan fingerprint density at radius 2 is 1.76 bits per heavy atom. The average Bonchev–Trinajstić information content (AvgIpc) is 2.81. The maximum atomic E-state index is 13.2. The van der Waals surface area contributed by atoms with Crippen LogP contribution in [0.5, 0.6) is 0 Å². The third-order valence-corrected chi connectivity index (χ3v) is 4.65. The maximum absolute atomic E-state index is 13.2. The highest BCUT2D eigenvalue weighted by atomic mass is 19.4. The van der Waals surface area contributed by atoms with Crippen LogP contribution in [0.2, 0.25) is 0 Å². The second kappa shape index (κ2) is 5.04. The van der Waals surface area contributed by atoms with Crippen molar-refractivity contribution in [2.45, 2.75) is 51.6 Å². The van der Waals surface area contributed by atoms with Crippen LogP contribution in [0.15, 0.2) is 12.1 Å². The maximum Gasteiger partial charge on any atom is 0.392 e. The molecule has 3 rings (SSSR count). The zero-order chi connectivity index (χ0) is 15.2. The zero-order valence-corrected chi connectivity index (χ0v) is 12.2. The molecule has 1 aliphatic rings. The topological polar surface area (TPSA) is 28.7 Å². The Kier molecular flexibility index (Phi) is 3.46. The molecule has 114 valence electrons. The van der Waals surface area contributed by atoms with E-state index in [1.165, 1.54) is 0 Å². The van der Waals surface area contributed by atoms with E-state index in [9.17, 15) is 13.2 Å². The van der Waals surface area contributed by atoms with Crippen LogP contribution in [0.4, 0.5) is 13.2 Å². The van der Waals surface area contributed by atoms with Gasteiger partial charge in [0, 0.05) is 5.92 Å². The molecule has 2 aromatic rings. The molecule has 2 unspecified atom stereocenters. The third kappa shape index (κ3) is 2.65. The van der Waals surface area contributed by atoms with E-state index < -0.39 is 18.0 Å². The van der Waals surface area contributed by atoms with Crippen molar-refractivity contribution in [2.75, 3.05) is 0 Å². The van der Waals surface area contributed by atoms with Crippen LogP contribution in [0.3, 0.4) is 0 Å². The summed E-state index contributed by atoms with van der Waals surface area (Å²) in [4.78, 5) is 7.57. The van der Waals surface area contributed by atoms with Crippen molar-refractivity contribution in [3.63, 3.8) is 0 Å². The number of imidazole rings is 1. The number of H-pyrrole nitrogens is 1. The van der Waals surface area contributed by atoms with Crippen LogP contribution in [0.25, 0.3) is 11.0 Å². The minimum absolute atomic E-state index is 0.212. The fourth-order valence-electron chi connectivity index (χ4n) is 3.31. The highest BCUT2D eigenvalue weighted by Crippen LogP contribution is 2.45. The summed E-state index contributed by atoms with van der Waals surface area (Å²) in [6.07, 6.45) is -1.88. The number of nitrogens with one attached hydrogen (secondary N) is 1. The van der Waals surface area contributed by atoms with Gasteiger partial charge in [0.05, 0.1) is 17.0 Å². The summed E-state index contributed by atoms with van der Waals surface area (Å²) in [5, 5.41) is 0. The molecule has 1 saturated carbocycles. The summed E-state index contributed by atoms with van der Waals surface area (Å²) in [5.74, 6) is -1.31. The number of aromatic nitrogens is 2. The molecule has 1 aliphatic carbocycles. The number of aromatic amines is 1. The number of benzene rings is 1. The fraction of sp³-hybridized carbons (Fsp3) is 0.562. The van der Waals surface area contributed by atoms with Crippen LogP contribution in [0, 0.1) is 19.8 Å². The van der Waals surface area contributed by atoms with E-state index in [4.69, 9.17) is 0 Å². The minimum atomic E-state index is -4.14. The van der Waals surface area contributed by atoms with Gasteiger partial charge < -0.3 is 4.98 Å². The lowest BCUT2D eigenvalue weighted by molar-refractivity contribution is -0.187. The molecule has 1 N–H and O–H groups in total. The van der Waals surface area contributed by atoms with E-state index >= 15 is 0 Å². The normalized spacial score (nSPS) is 23.7. The molecular formula is C16H19F3N2. The zero-order valence-electron chi connectivity index (χ0n) is 12.2. The standard InChI is InChI=1S/C16H19F3N2/c1-9-7-13-14(8-10(9)2)21-15(20-13)11-5-3-4-6-12(11)16(17,18)19/h7-8,11-12H,3-6H2,1-2H3,(H,20,21). The Hall–Kier alpha value is -1.52. The predicted molar refractivity (Wildman–Crippen MR) is 76.3 cm³/mol. The third-order valence-electron chi connectivity index (χ3n) is 4.65. The second-order valence-electron chi connectivity index (χ2n) is 6.11. The molecule has 2 atom stereocenters. The first-order valence-electron chi connectivity index (χ1n) is 7.40. The molecule has 0 spiro atoms. The molecule has 2 nitrogen and oxygen atoms in total. The van der Waals surface area contributed by atoms with E-state index in [-0.39, 0.29) is 6.42 Å². The van der Waals surface area contributed by atoms with Crippen LogP contribution in [-0.2, 0) is 0 Å². The fourth-order valence-corrected chi connectivity index (χ4v) is 3.31. The van der Waals surface area contributed by atoms with Gasteiger partial charge in [-0.3, -0.25) is 0 Å². The molecule has 0 saturated heterocycles. The van der Waals surface area contributed by atoms with Crippen LogP contribution in [0.1, 0.15) is 48.6 Å². The van der Waals surface area contributed by atoms with Gasteiger partial charge in [0.1, 0.15) is 5.82 Å². The van der Waals surface area contributed by atoms with Crippen molar-refractivity contribution < 1.29 is 13.2 Å². The number of hydrogen-bond donors (Lipinski definition) is 1. The molecule has 0 bridgehead atoms. The smallest absolute Gasteiger partial charge is 0.342 e. The minimum Gasteiger partial charge on any atom is -0.342 e. The van der Waals surface area contributed by atoms with E-state index in [1.807, 2.05) is 26.0 Å². The second-order valence-corrected chi connectivity index (χ2v) is 6.11. The van der Waals surface area contributed by atoms with Gasteiger partial charge in [0.25, 0.3) is 0 Å². The molecule has 1 fully saturated rings. The van der Waals surface area contributed by atoms with E-state index in [0.29, 0.717) is 18.7 Å². The quantitative estimate of drug-likeness (QED) is 0.786. The van der Waals surface area contributed by atoms with Gasteiger partial charge in [-0.1, -0.05) is 12.8 Å². The van der Waals surface area contributed by atoms with Gasteiger partial charge >= 0.3 is 6.18 Å². The van der Waals surface area contributed by atoms with Crippen molar-refractivity contribution in [3.05, 3.63) is 29.1 Å². The lowest BCUT2D eigenvalue weighted by Crippen LogP contribution is -2.32. The average molecular weight is 296 g/mol. The molecule has 1 aromatic heterocycles. The number of halogens is 3. The van der Waals surface area contributed by atoms with E-state index in [1.54, 1.807) is 0 Å². The van der Waals surface area contributed by atoms with Crippen LogP contribution in [-0.4, -0.2) is 16.1 Å². The summed E-state index contributed by atoms with van der Waals surface area (Å²) in [5.41, 5.74) is 3.82. The Labute approximate surface area is 121 Å². The van der Waals surface area contributed by atoms with Crippen LogP contribution < -0.4 is 0 Å². The highest BCUT2D eigenvalue weighted by Gasteiger charge is 2.46. The number of aryl methyl sites for hydroxylation is 2. The van der Waals surface area contributed by atoms with Crippen molar-refractivity contribution >= 4 is 11.0 Å². The summed E-state index contributed by atoms with van der Waals surface area (Å²) >= 11 is 0. The van der Waals surface area contributed by atoms with Crippen molar-refractivity contribution in [1.82, 2.24) is 9.97 Å². The molecule has 0 radical (unpaired) electrons. The molecule has 21 heavy (non-hydrogen) atoms.